The normalized spacial score (nSPS) is 20.6. The summed E-state index contributed by atoms with van der Waals surface area (Å²) in [4.78, 5) is 2.44. The molecule has 1 fully saturated rings. The smallest absolute Gasteiger partial charge is 0.0622 e. The zero-order valence-electron chi connectivity index (χ0n) is 13.3. The molecule has 1 aromatic rings. The molecule has 0 radical (unpaired) electrons. The number of ether oxygens (including phenoxy) is 1. The Hall–Kier alpha value is -0.900. The average molecular weight is 276 g/mol. The summed E-state index contributed by atoms with van der Waals surface area (Å²) in [6, 6.07) is 7.86. The maximum absolute atomic E-state index is 5.47. The summed E-state index contributed by atoms with van der Waals surface area (Å²) in [5, 5.41) is 3.46. The summed E-state index contributed by atoms with van der Waals surface area (Å²) >= 11 is 0. The van der Waals surface area contributed by atoms with E-state index < -0.39 is 0 Å². The summed E-state index contributed by atoms with van der Waals surface area (Å²) < 4.78 is 5.47. The molecule has 3 nitrogen and oxygen atoms in total. The number of aryl methyl sites for hydroxylation is 2. The van der Waals surface area contributed by atoms with E-state index in [1.165, 1.54) is 23.1 Å². The molecule has 1 aliphatic rings. The quantitative estimate of drug-likeness (QED) is 0.864. The largest absolute Gasteiger partial charge is 0.380 e. The fraction of sp³-hybridized carbons (Fsp3) is 0.647. The molecule has 1 aromatic carbocycles. The Bertz CT molecular complexity index is 407. The first-order valence-electron chi connectivity index (χ1n) is 7.63. The van der Waals surface area contributed by atoms with E-state index in [0.717, 1.165) is 26.2 Å². The maximum atomic E-state index is 5.47. The lowest BCUT2D eigenvalue weighted by atomic mass is 9.99. The van der Waals surface area contributed by atoms with Gasteiger partial charge in [0.2, 0.25) is 0 Å². The van der Waals surface area contributed by atoms with E-state index in [9.17, 15) is 0 Å². The Morgan fingerprint density at radius 3 is 2.55 bits per heavy atom. The number of benzene rings is 1. The van der Waals surface area contributed by atoms with Crippen LogP contribution in [0.5, 0.6) is 0 Å². The van der Waals surface area contributed by atoms with Gasteiger partial charge in [0.05, 0.1) is 6.61 Å². The summed E-state index contributed by atoms with van der Waals surface area (Å²) in [6.07, 6.45) is 2.30. The van der Waals surface area contributed by atoms with Crippen molar-refractivity contribution in [2.45, 2.75) is 38.8 Å². The lowest BCUT2D eigenvalue weighted by molar-refractivity contribution is 0.157. The molecule has 0 spiro atoms. The van der Waals surface area contributed by atoms with Gasteiger partial charge >= 0.3 is 0 Å². The first-order valence-corrected chi connectivity index (χ1v) is 7.63. The van der Waals surface area contributed by atoms with E-state index in [2.05, 4.69) is 56.4 Å². The Balaban J connectivity index is 1.94. The van der Waals surface area contributed by atoms with Crippen molar-refractivity contribution in [1.29, 1.82) is 0 Å². The fourth-order valence-electron chi connectivity index (χ4n) is 3.07. The first-order chi connectivity index (χ1) is 9.60. The van der Waals surface area contributed by atoms with Crippen molar-refractivity contribution in [3.63, 3.8) is 0 Å². The molecule has 0 bridgehead atoms. The third-order valence-electron chi connectivity index (χ3n) is 4.29. The minimum Gasteiger partial charge on any atom is -0.380 e. The lowest BCUT2D eigenvalue weighted by Crippen LogP contribution is -2.34. The number of nitrogens with zero attached hydrogens (tertiary/aromatic N) is 1. The topological polar surface area (TPSA) is 24.5 Å². The van der Waals surface area contributed by atoms with Gasteiger partial charge < -0.3 is 15.0 Å². The molecule has 0 saturated carbocycles. The van der Waals surface area contributed by atoms with Crippen LogP contribution < -0.4 is 5.32 Å². The third kappa shape index (κ3) is 4.05. The molecule has 1 aliphatic heterocycles. The molecule has 1 heterocycles. The van der Waals surface area contributed by atoms with Crippen LogP contribution in [-0.2, 0) is 4.74 Å². The Labute approximate surface area is 123 Å². The average Bonchev–Trinajstić information content (AvgIpc) is 2.92. The highest BCUT2D eigenvalue weighted by Crippen LogP contribution is 2.21. The highest BCUT2D eigenvalue weighted by atomic mass is 16.5. The van der Waals surface area contributed by atoms with Gasteiger partial charge in [-0.2, -0.15) is 0 Å². The molecular weight excluding hydrogens is 248 g/mol. The van der Waals surface area contributed by atoms with Crippen molar-refractivity contribution in [2.24, 2.45) is 0 Å². The van der Waals surface area contributed by atoms with E-state index in [0.29, 0.717) is 12.1 Å². The van der Waals surface area contributed by atoms with Crippen LogP contribution in [0.15, 0.2) is 18.2 Å². The van der Waals surface area contributed by atoms with Gasteiger partial charge in [-0.3, -0.25) is 0 Å². The molecular formula is C17H28N2O. The van der Waals surface area contributed by atoms with Crippen LogP contribution in [0, 0.1) is 13.8 Å². The van der Waals surface area contributed by atoms with Gasteiger partial charge in [0.25, 0.3) is 0 Å². The van der Waals surface area contributed by atoms with E-state index in [4.69, 9.17) is 4.74 Å². The first kappa shape index (κ1) is 15.5. The van der Waals surface area contributed by atoms with Crippen LogP contribution in [0.25, 0.3) is 0 Å². The molecule has 2 rings (SSSR count). The Morgan fingerprint density at radius 1 is 1.30 bits per heavy atom. The van der Waals surface area contributed by atoms with Crippen LogP contribution in [0.3, 0.4) is 0 Å². The molecule has 0 aromatic heterocycles. The summed E-state index contributed by atoms with van der Waals surface area (Å²) in [5.41, 5.74) is 4.09. The number of nitrogens with one attached hydrogen (secondary N) is 1. The van der Waals surface area contributed by atoms with Crippen LogP contribution in [0.2, 0.25) is 0 Å². The van der Waals surface area contributed by atoms with Gasteiger partial charge in [0, 0.05) is 25.2 Å². The summed E-state index contributed by atoms with van der Waals surface area (Å²) in [6.45, 7) is 7.26. The van der Waals surface area contributed by atoms with Crippen molar-refractivity contribution < 1.29 is 4.74 Å². The van der Waals surface area contributed by atoms with Crippen molar-refractivity contribution in [2.75, 3.05) is 33.9 Å². The molecule has 0 amide bonds. The van der Waals surface area contributed by atoms with E-state index >= 15 is 0 Å². The predicted octanol–water partition coefficient (Wildman–Crippen LogP) is 2.67. The van der Waals surface area contributed by atoms with Gasteiger partial charge in [0.15, 0.2) is 0 Å². The molecule has 3 heteroatoms. The standard InChI is InChI=1S/C17H28N2O/c1-13-9-14(2)11-15(10-13)17(18-3)5-7-19(4)16-6-8-20-12-16/h9-11,16-18H,5-8,12H2,1-4H3. The molecule has 1 N–H and O–H groups in total. The second-order valence-corrected chi connectivity index (χ2v) is 6.05. The van der Waals surface area contributed by atoms with E-state index in [-0.39, 0.29) is 0 Å². The van der Waals surface area contributed by atoms with Crippen molar-refractivity contribution in [3.8, 4) is 0 Å². The SMILES string of the molecule is CNC(CCN(C)C1CCOC1)c1cc(C)cc(C)c1. The highest BCUT2D eigenvalue weighted by Gasteiger charge is 2.21. The van der Waals surface area contributed by atoms with Crippen molar-refractivity contribution in [1.82, 2.24) is 10.2 Å². The molecule has 112 valence electrons. The minimum atomic E-state index is 0.429. The van der Waals surface area contributed by atoms with Gasteiger partial charge in [-0.1, -0.05) is 29.3 Å². The van der Waals surface area contributed by atoms with E-state index in [1.807, 2.05) is 0 Å². The molecule has 2 atom stereocenters. The Morgan fingerprint density at radius 2 is 2.00 bits per heavy atom. The number of hydrogen-bond donors (Lipinski definition) is 1. The molecule has 2 unspecified atom stereocenters. The predicted molar refractivity (Wildman–Crippen MR) is 84.2 cm³/mol. The number of likely N-dealkylation sites (N-methyl/N-ethyl adjacent to an activating group) is 1. The Kier molecular flexibility index (Phi) is 5.58. The van der Waals surface area contributed by atoms with Crippen LogP contribution >= 0.6 is 0 Å². The molecule has 0 aliphatic carbocycles. The minimum absolute atomic E-state index is 0.429. The molecule has 20 heavy (non-hydrogen) atoms. The monoisotopic (exact) mass is 276 g/mol. The highest BCUT2D eigenvalue weighted by molar-refractivity contribution is 5.30. The number of rotatable bonds is 6. The van der Waals surface area contributed by atoms with Crippen LogP contribution in [0.4, 0.5) is 0 Å². The molecule has 1 saturated heterocycles. The zero-order valence-corrected chi connectivity index (χ0v) is 13.3. The van der Waals surface area contributed by atoms with Crippen LogP contribution in [0.1, 0.15) is 35.6 Å². The summed E-state index contributed by atoms with van der Waals surface area (Å²) in [7, 11) is 4.27. The second kappa shape index (κ2) is 7.21. The van der Waals surface area contributed by atoms with Crippen molar-refractivity contribution in [3.05, 3.63) is 34.9 Å². The fourth-order valence-corrected chi connectivity index (χ4v) is 3.07. The second-order valence-electron chi connectivity index (χ2n) is 6.05. The lowest BCUT2D eigenvalue weighted by Gasteiger charge is -2.26. The van der Waals surface area contributed by atoms with Crippen molar-refractivity contribution >= 4 is 0 Å². The number of hydrogen-bond acceptors (Lipinski definition) is 3. The summed E-state index contributed by atoms with van der Waals surface area (Å²) in [5.74, 6) is 0. The third-order valence-corrected chi connectivity index (χ3v) is 4.29. The van der Waals surface area contributed by atoms with Crippen LogP contribution in [-0.4, -0.2) is 44.8 Å². The van der Waals surface area contributed by atoms with Gasteiger partial charge in [-0.05, 0) is 46.3 Å². The van der Waals surface area contributed by atoms with Gasteiger partial charge in [-0.25, -0.2) is 0 Å². The van der Waals surface area contributed by atoms with Gasteiger partial charge in [0.1, 0.15) is 0 Å². The maximum Gasteiger partial charge on any atom is 0.0622 e. The van der Waals surface area contributed by atoms with Gasteiger partial charge in [-0.15, -0.1) is 0 Å². The van der Waals surface area contributed by atoms with E-state index in [1.54, 1.807) is 0 Å². The zero-order chi connectivity index (χ0) is 14.5.